The van der Waals surface area contributed by atoms with Crippen molar-refractivity contribution in [2.75, 3.05) is 25.1 Å². The summed E-state index contributed by atoms with van der Waals surface area (Å²) < 4.78 is 12.9. The van der Waals surface area contributed by atoms with Gasteiger partial charge < -0.3 is 14.8 Å². The number of nitrogens with one attached hydrogen (secondary N) is 1. The second-order valence-corrected chi connectivity index (χ2v) is 6.87. The number of rotatable bonds is 8. The largest absolute Gasteiger partial charge is 0.490 e. The van der Waals surface area contributed by atoms with Crippen molar-refractivity contribution in [1.82, 2.24) is 9.78 Å². The minimum absolute atomic E-state index is 0.205. The Labute approximate surface area is 170 Å². The lowest BCUT2D eigenvalue weighted by atomic mass is 10.1. The molecule has 6 heteroatoms. The van der Waals surface area contributed by atoms with Gasteiger partial charge in [-0.15, -0.1) is 0 Å². The molecule has 0 spiro atoms. The zero-order valence-corrected chi connectivity index (χ0v) is 16.6. The summed E-state index contributed by atoms with van der Waals surface area (Å²) in [4.78, 5) is 13.1. The summed E-state index contributed by atoms with van der Waals surface area (Å²) in [5.41, 5.74) is 3.61. The van der Waals surface area contributed by atoms with Gasteiger partial charge in [0, 0.05) is 12.2 Å². The molecule has 150 valence electrons. The number of benzene rings is 2. The number of hydrogen-bond donors (Lipinski definition) is 1. The molecule has 3 aromatic rings. The maximum atomic E-state index is 13.1. The van der Waals surface area contributed by atoms with E-state index in [0.717, 1.165) is 42.0 Å². The molecule has 1 aromatic heterocycles. The standard InChI is InChI=1S/C23H25N3O3/c1-2-28-15-16-29-21-14-7-6-11-19(21)23(27)24-22-18-12-8-13-20(18)25-26(22)17-9-4-3-5-10-17/h3-7,9-11,14H,2,8,12-13,15-16H2,1H3,(H,24,27). The zero-order valence-electron chi connectivity index (χ0n) is 16.6. The first-order valence-electron chi connectivity index (χ1n) is 10.0. The number of carbonyl (C=O) groups excluding carboxylic acids is 1. The van der Waals surface area contributed by atoms with Crippen LogP contribution in [0, 0.1) is 0 Å². The summed E-state index contributed by atoms with van der Waals surface area (Å²) in [5.74, 6) is 1.09. The van der Waals surface area contributed by atoms with Gasteiger partial charge in [-0.3, -0.25) is 4.79 Å². The number of aromatic nitrogens is 2. The van der Waals surface area contributed by atoms with E-state index in [0.29, 0.717) is 31.1 Å². The van der Waals surface area contributed by atoms with Gasteiger partial charge in [0.1, 0.15) is 18.2 Å². The molecule has 0 unspecified atom stereocenters. The Balaban J connectivity index is 1.60. The summed E-state index contributed by atoms with van der Waals surface area (Å²) in [6, 6.07) is 17.2. The third-order valence-corrected chi connectivity index (χ3v) is 4.96. The van der Waals surface area contributed by atoms with Crippen molar-refractivity contribution >= 4 is 11.7 Å². The van der Waals surface area contributed by atoms with Crippen molar-refractivity contribution in [1.29, 1.82) is 0 Å². The number of hydrogen-bond acceptors (Lipinski definition) is 4. The number of amides is 1. The third kappa shape index (κ3) is 4.17. The maximum absolute atomic E-state index is 13.1. The maximum Gasteiger partial charge on any atom is 0.260 e. The number of ether oxygens (including phenoxy) is 2. The average molecular weight is 391 g/mol. The Hall–Kier alpha value is -3.12. The summed E-state index contributed by atoms with van der Waals surface area (Å²) in [6.07, 6.45) is 2.92. The van der Waals surface area contributed by atoms with Gasteiger partial charge in [-0.05, 0) is 50.5 Å². The van der Waals surface area contributed by atoms with Crippen LogP contribution in [0.5, 0.6) is 5.75 Å². The molecule has 0 bridgehead atoms. The Morgan fingerprint density at radius 1 is 1.07 bits per heavy atom. The molecular formula is C23H25N3O3. The molecule has 1 N–H and O–H groups in total. The van der Waals surface area contributed by atoms with Crippen LogP contribution >= 0.6 is 0 Å². The Kier molecular flexibility index (Phi) is 5.91. The number of carbonyl (C=O) groups is 1. The van der Waals surface area contributed by atoms with Crippen molar-refractivity contribution in [2.24, 2.45) is 0 Å². The zero-order chi connectivity index (χ0) is 20.1. The number of para-hydroxylation sites is 2. The van der Waals surface area contributed by atoms with Gasteiger partial charge in [0.05, 0.1) is 23.6 Å². The van der Waals surface area contributed by atoms with Crippen LogP contribution in [0.2, 0.25) is 0 Å². The Morgan fingerprint density at radius 2 is 1.86 bits per heavy atom. The van der Waals surface area contributed by atoms with Crippen LogP contribution in [0.4, 0.5) is 5.82 Å². The van der Waals surface area contributed by atoms with Gasteiger partial charge >= 0.3 is 0 Å². The predicted molar refractivity (Wildman–Crippen MR) is 112 cm³/mol. The molecule has 0 saturated heterocycles. The Morgan fingerprint density at radius 3 is 2.69 bits per heavy atom. The van der Waals surface area contributed by atoms with E-state index in [1.807, 2.05) is 54.1 Å². The molecule has 0 saturated carbocycles. The van der Waals surface area contributed by atoms with E-state index in [9.17, 15) is 4.79 Å². The van der Waals surface area contributed by atoms with Gasteiger partial charge in [0.2, 0.25) is 0 Å². The topological polar surface area (TPSA) is 65.4 Å². The molecule has 2 aromatic carbocycles. The average Bonchev–Trinajstić information content (AvgIpc) is 3.35. The Bertz CT molecular complexity index is 982. The smallest absolute Gasteiger partial charge is 0.260 e. The highest BCUT2D eigenvalue weighted by Crippen LogP contribution is 2.31. The van der Waals surface area contributed by atoms with Gasteiger partial charge in [0.15, 0.2) is 0 Å². The highest BCUT2D eigenvalue weighted by molar-refractivity contribution is 6.06. The lowest BCUT2D eigenvalue weighted by Crippen LogP contribution is -2.18. The van der Waals surface area contributed by atoms with E-state index in [-0.39, 0.29) is 5.91 Å². The van der Waals surface area contributed by atoms with Crippen LogP contribution in [0.1, 0.15) is 35.0 Å². The van der Waals surface area contributed by atoms with Crippen LogP contribution in [-0.4, -0.2) is 35.5 Å². The van der Waals surface area contributed by atoms with Gasteiger partial charge in [-0.25, -0.2) is 4.68 Å². The molecular weight excluding hydrogens is 366 g/mol. The molecule has 1 aliphatic carbocycles. The van der Waals surface area contributed by atoms with E-state index in [1.165, 1.54) is 0 Å². The fourth-order valence-electron chi connectivity index (χ4n) is 3.59. The molecule has 6 nitrogen and oxygen atoms in total. The second-order valence-electron chi connectivity index (χ2n) is 6.87. The number of aryl methyl sites for hydroxylation is 1. The van der Waals surface area contributed by atoms with Crippen LogP contribution < -0.4 is 10.1 Å². The highest BCUT2D eigenvalue weighted by atomic mass is 16.5. The van der Waals surface area contributed by atoms with Crippen molar-refractivity contribution < 1.29 is 14.3 Å². The van der Waals surface area contributed by atoms with E-state index in [4.69, 9.17) is 14.6 Å². The predicted octanol–water partition coefficient (Wildman–Crippen LogP) is 4.03. The van der Waals surface area contributed by atoms with Crippen molar-refractivity contribution in [2.45, 2.75) is 26.2 Å². The molecule has 0 radical (unpaired) electrons. The van der Waals surface area contributed by atoms with Gasteiger partial charge in [0.25, 0.3) is 5.91 Å². The minimum atomic E-state index is -0.205. The molecule has 4 rings (SSSR count). The van der Waals surface area contributed by atoms with Crippen LogP contribution in [0.25, 0.3) is 5.69 Å². The lowest BCUT2D eigenvalue weighted by molar-refractivity contribution is 0.0997. The molecule has 0 atom stereocenters. The van der Waals surface area contributed by atoms with E-state index >= 15 is 0 Å². The summed E-state index contributed by atoms with van der Waals surface area (Å²) in [5, 5.41) is 7.85. The summed E-state index contributed by atoms with van der Waals surface area (Å²) >= 11 is 0. The summed E-state index contributed by atoms with van der Waals surface area (Å²) in [6.45, 7) is 3.46. The monoisotopic (exact) mass is 391 g/mol. The number of nitrogens with zero attached hydrogens (tertiary/aromatic N) is 2. The molecule has 1 heterocycles. The highest BCUT2D eigenvalue weighted by Gasteiger charge is 2.25. The van der Waals surface area contributed by atoms with Crippen LogP contribution in [0.15, 0.2) is 54.6 Å². The molecule has 29 heavy (non-hydrogen) atoms. The van der Waals surface area contributed by atoms with E-state index in [1.54, 1.807) is 12.1 Å². The van der Waals surface area contributed by atoms with Gasteiger partial charge in [-0.1, -0.05) is 30.3 Å². The fraction of sp³-hybridized carbons (Fsp3) is 0.304. The number of fused-ring (bicyclic) bond motifs is 1. The first-order chi connectivity index (χ1) is 14.3. The molecule has 0 fully saturated rings. The minimum Gasteiger partial charge on any atom is -0.490 e. The molecule has 1 amide bonds. The summed E-state index contributed by atoms with van der Waals surface area (Å²) in [7, 11) is 0. The SMILES string of the molecule is CCOCCOc1ccccc1C(=O)Nc1c2c(nn1-c1ccccc1)CCC2. The van der Waals surface area contributed by atoms with E-state index in [2.05, 4.69) is 5.32 Å². The third-order valence-electron chi connectivity index (χ3n) is 4.96. The van der Waals surface area contributed by atoms with E-state index < -0.39 is 0 Å². The van der Waals surface area contributed by atoms with Crippen molar-refractivity contribution in [3.63, 3.8) is 0 Å². The van der Waals surface area contributed by atoms with Gasteiger partial charge in [-0.2, -0.15) is 5.10 Å². The quantitative estimate of drug-likeness (QED) is 0.589. The first kappa shape index (κ1) is 19.2. The number of anilines is 1. The fourth-order valence-corrected chi connectivity index (χ4v) is 3.59. The molecule has 1 aliphatic rings. The first-order valence-corrected chi connectivity index (χ1v) is 10.0. The lowest BCUT2D eigenvalue weighted by Gasteiger charge is -2.14. The van der Waals surface area contributed by atoms with Crippen LogP contribution in [-0.2, 0) is 17.6 Å². The normalized spacial score (nSPS) is 12.6. The van der Waals surface area contributed by atoms with Crippen molar-refractivity contribution in [3.05, 3.63) is 71.4 Å². The molecule has 0 aliphatic heterocycles. The second kappa shape index (κ2) is 8.92. The van der Waals surface area contributed by atoms with Crippen molar-refractivity contribution in [3.8, 4) is 11.4 Å². The van der Waals surface area contributed by atoms with Crippen LogP contribution in [0.3, 0.4) is 0 Å².